The fourth-order valence-electron chi connectivity index (χ4n) is 2.19. The molecule has 0 aliphatic carbocycles. The number of nitrogens with one attached hydrogen (secondary N) is 1. The van der Waals surface area contributed by atoms with Gasteiger partial charge in [0.15, 0.2) is 0 Å². The Balaban J connectivity index is 1.66. The van der Waals surface area contributed by atoms with Gasteiger partial charge >= 0.3 is 0 Å². The molecule has 3 amide bonds. The molecule has 26 heavy (non-hydrogen) atoms. The quantitative estimate of drug-likeness (QED) is 0.754. The molecule has 9 heteroatoms. The van der Waals surface area contributed by atoms with Crippen molar-refractivity contribution in [2.24, 2.45) is 0 Å². The molecule has 2 aromatic rings. The maximum absolute atomic E-state index is 12.4. The van der Waals surface area contributed by atoms with E-state index in [0.29, 0.717) is 21.4 Å². The van der Waals surface area contributed by atoms with Crippen LogP contribution in [0.2, 0.25) is 10.0 Å². The van der Waals surface area contributed by atoms with Gasteiger partial charge in [-0.1, -0.05) is 29.3 Å². The van der Waals surface area contributed by atoms with Crippen molar-refractivity contribution in [2.75, 3.05) is 6.54 Å². The van der Waals surface area contributed by atoms with Crippen LogP contribution in [-0.4, -0.2) is 28.5 Å². The van der Waals surface area contributed by atoms with Crippen LogP contribution in [0.15, 0.2) is 45.9 Å². The summed E-state index contributed by atoms with van der Waals surface area (Å²) in [5.74, 6) is -0.432. The molecule has 0 saturated carbocycles. The van der Waals surface area contributed by atoms with Gasteiger partial charge in [0, 0.05) is 10.0 Å². The van der Waals surface area contributed by atoms with Crippen LogP contribution in [0.5, 0.6) is 0 Å². The van der Waals surface area contributed by atoms with Gasteiger partial charge in [-0.2, -0.15) is 0 Å². The molecule has 1 aliphatic heterocycles. The third kappa shape index (κ3) is 4.30. The maximum atomic E-state index is 12.4. The first-order valence-corrected chi connectivity index (χ1v) is 9.01. The zero-order valence-corrected chi connectivity index (χ0v) is 15.5. The van der Waals surface area contributed by atoms with Crippen LogP contribution in [0.4, 0.5) is 4.79 Å². The Labute approximate surface area is 163 Å². The van der Waals surface area contributed by atoms with Crippen LogP contribution in [-0.2, 0) is 16.1 Å². The zero-order valence-electron chi connectivity index (χ0n) is 13.2. The maximum Gasteiger partial charge on any atom is 0.294 e. The molecule has 3 rings (SSSR count). The number of thioether (sulfide) groups is 1. The Morgan fingerprint density at radius 3 is 2.77 bits per heavy atom. The molecule has 1 aromatic heterocycles. The molecule has 0 bridgehead atoms. The fourth-order valence-corrected chi connectivity index (χ4v) is 3.49. The lowest BCUT2D eigenvalue weighted by Gasteiger charge is -2.11. The number of rotatable bonds is 5. The number of imide groups is 1. The molecule has 0 spiro atoms. The van der Waals surface area contributed by atoms with E-state index in [-0.39, 0.29) is 18.0 Å². The number of nitrogens with zero attached hydrogens (tertiary/aromatic N) is 1. The van der Waals surface area contributed by atoms with Gasteiger partial charge in [0.05, 0.1) is 17.7 Å². The molecule has 1 N–H and O–H groups in total. The van der Waals surface area contributed by atoms with Crippen molar-refractivity contribution in [1.29, 1.82) is 0 Å². The highest BCUT2D eigenvalue weighted by Crippen LogP contribution is 2.33. The molecule has 1 fully saturated rings. The average molecular weight is 411 g/mol. The van der Waals surface area contributed by atoms with Crippen LogP contribution in [0, 0.1) is 0 Å². The number of carbonyl (C=O) groups excluding carboxylic acids is 3. The van der Waals surface area contributed by atoms with Crippen molar-refractivity contribution >= 4 is 58.1 Å². The number of carbonyl (C=O) groups is 3. The summed E-state index contributed by atoms with van der Waals surface area (Å²) in [7, 11) is 0. The Kier molecular flexibility index (Phi) is 5.70. The number of amides is 3. The second kappa shape index (κ2) is 7.99. The lowest BCUT2D eigenvalue weighted by atomic mass is 10.2. The number of hydrogen-bond donors (Lipinski definition) is 1. The molecule has 0 atom stereocenters. The van der Waals surface area contributed by atoms with Crippen LogP contribution < -0.4 is 5.32 Å². The normalized spacial score (nSPS) is 15.8. The predicted octanol–water partition coefficient (Wildman–Crippen LogP) is 3.94. The highest BCUT2D eigenvalue weighted by atomic mass is 35.5. The molecule has 134 valence electrons. The summed E-state index contributed by atoms with van der Waals surface area (Å²) in [6, 6.07) is 8.23. The Morgan fingerprint density at radius 2 is 2.08 bits per heavy atom. The summed E-state index contributed by atoms with van der Waals surface area (Å²) >= 11 is 12.7. The third-order valence-corrected chi connectivity index (χ3v) is 4.93. The van der Waals surface area contributed by atoms with Gasteiger partial charge in [0.2, 0.25) is 5.91 Å². The standard InChI is InChI=1S/C17H12Cl2N2O4S/c18-11-4-3-10(13(19)7-11)6-14-16(23)21(17(24)26-14)9-15(22)20-8-12-2-1-5-25-12/h1-7H,8-9H2,(H,20,22)/b14-6-. The van der Waals surface area contributed by atoms with Gasteiger partial charge in [-0.25, -0.2) is 0 Å². The first-order valence-electron chi connectivity index (χ1n) is 7.43. The van der Waals surface area contributed by atoms with E-state index in [0.717, 1.165) is 16.7 Å². The summed E-state index contributed by atoms with van der Waals surface area (Å²) in [6.45, 7) is -0.185. The number of halogens is 2. The van der Waals surface area contributed by atoms with Gasteiger partial charge in [-0.05, 0) is 47.7 Å². The number of hydrogen-bond acceptors (Lipinski definition) is 5. The average Bonchev–Trinajstić information content (AvgIpc) is 3.20. The van der Waals surface area contributed by atoms with Gasteiger partial charge < -0.3 is 9.73 Å². The molecule has 6 nitrogen and oxygen atoms in total. The fraction of sp³-hybridized carbons (Fsp3) is 0.118. The lowest BCUT2D eigenvalue weighted by molar-refractivity contribution is -0.129. The highest BCUT2D eigenvalue weighted by Gasteiger charge is 2.36. The minimum absolute atomic E-state index is 0.179. The van der Waals surface area contributed by atoms with Crippen LogP contribution >= 0.6 is 35.0 Å². The third-order valence-electron chi connectivity index (χ3n) is 3.46. The largest absolute Gasteiger partial charge is 0.467 e. The van der Waals surface area contributed by atoms with E-state index in [9.17, 15) is 14.4 Å². The van der Waals surface area contributed by atoms with E-state index in [4.69, 9.17) is 27.6 Å². The minimum atomic E-state index is -0.542. The SMILES string of the molecule is O=C(CN1C(=O)S/C(=C\c2ccc(Cl)cc2Cl)C1=O)NCc1ccco1. The van der Waals surface area contributed by atoms with Crippen molar-refractivity contribution in [3.05, 3.63) is 62.9 Å². The molecule has 2 heterocycles. The van der Waals surface area contributed by atoms with E-state index in [1.807, 2.05) is 0 Å². The van der Waals surface area contributed by atoms with Crippen molar-refractivity contribution < 1.29 is 18.8 Å². The zero-order chi connectivity index (χ0) is 18.7. The monoisotopic (exact) mass is 410 g/mol. The topological polar surface area (TPSA) is 79.6 Å². The Bertz CT molecular complexity index is 896. The Morgan fingerprint density at radius 1 is 1.27 bits per heavy atom. The van der Waals surface area contributed by atoms with Gasteiger partial charge in [0.25, 0.3) is 11.1 Å². The summed E-state index contributed by atoms with van der Waals surface area (Å²) in [5.41, 5.74) is 0.559. The number of furan rings is 1. The van der Waals surface area contributed by atoms with Crippen LogP contribution in [0.3, 0.4) is 0 Å². The molecule has 1 aromatic carbocycles. The van der Waals surface area contributed by atoms with E-state index in [1.54, 1.807) is 30.3 Å². The van der Waals surface area contributed by atoms with E-state index >= 15 is 0 Å². The smallest absolute Gasteiger partial charge is 0.294 e. The van der Waals surface area contributed by atoms with E-state index in [2.05, 4.69) is 5.32 Å². The van der Waals surface area contributed by atoms with Crippen molar-refractivity contribution in [1.82, 2.24) is 10.2 Å². The second-order valence-corrected chi connectivity index (χ2v) is 7.13. The van der Waals surface area contributed by atoms with Crippen LogP contribution in [0.1, 0.15) is 11.3 Å². The Hall–Kier alpha value is -2.22. The first-order chi connectivity index (χ1) is 12.4. The van der Waals surface area contributed by atoms with E-state index in [1.165, 1.54) is 12.3 Å². The summed E-state index contributed by atoms with van der Waals surface area (Å²) < 4.78 is 5.10. The minimum Gasteiger partial charge on any atom is -0.467 e. The first kappa shape index (κ1) is 18.6. The molecule has 0 radical (unpaired) electrons. The molecular formula is C17H12Cl2N2O4S. The molecular weight excluding hydrogens is 399 g/mol. The molecule has 0 unspecified atom stereocenters. The highest BCUT2D eigenvalue weighted by molar-refractivity contribution is 8.18. The second-order valence-electron chi connectivity index (χ2n) is 5.29. The molecule has 1 aliphatic rings. The summed E-state index contributed by atoms with van der Waals surface area (Å²) in [6.07, 6.45) is 2.99. The summed E-state index contributed by atoms with van der Waals surface area (Å²) in [4.78, 5) is 37.5. The lowest BCUT2D eigenvalue weighted by Crippen LogP contribution is -2.39. The number of benzene rings is 1. The van der Waals surface area contributed by atoms with Gasteiger partial charge in [-0.3, -0.25) is 19.3 Å². The van der Waals surface area contributed by atoms with Crippen molar-refractivity contribution in [2.45, 2.75) is 6.54 Å². The van der Waals surface area contributed by atoms with Gasteiger partial charge in [-0.15, -0.1) is 0 Å². The van der Waals surface area contributed by atoms with Crippen LogP contribution in [0.25, 0.3) is 6.08 Å². The van der Waals surface area contributed by atoms with Crippen molar-refractivity contribution in [3.8, 4) is 0 Å². The molecule has 1 saturated heterocycles. The predicted molar refractivity (Wildman–Crippen MR) is 99.7 cm³/mol. The van der Waals surface area contributed by atoms with E-state index < -0.39 is 17.1 Å². The van der Waals surface area contributed by atoms with Gasteiger partial charge in [0.1, 0.15) is 12.3 Å². The van der Waals surface area contributed by atoms with Crippen molar-refractivity contribution in [3.63, 3.8) is 0 Å². The summed E-state index contributed by atoms with van der Waals surface area (Å²) in [5, 5.41) is 2.90.